The molecule has 0 saturated heterocycles. The quantitative estimate of drug-likeness (QED) is 0.376. The Labute approximate surface area is 96.3 Å². The molecule has 16 heavy (non-hydrogen) atoms. The van der Waals surface area contributed by atoms with Crippen molar-refractivity contribution in [3.05, 3.63) is 11.6 Å². The first kappa shape index (κ1) is 15.4. The standard InChI is InChI=1S/C10H19O5P/c1-5-13-8-10(9(4)11)16(12,14-6-2)15-7-3/h8H,5-7H2,1-4H3/b10-8+. The van der Waals surface area contributed by atoms with Crippen molar-refractivity contribution in [3.63, 3.8) is 0 Å². The predicted octanol–water partition coefficient (Wildman–Crippen LogP) is 2.72. The number of Topliss-reactive ketones (excluding diaryl/α,β-unsaturated/α-hetero) is 1. The molecule has 6 heteroatoms. The van der Waals surface area contributed by atoms with Crippen LogP contribution in [0.4, 0.5) is 0 Å². The third-order valence-electron chi connectivity index (χ3n) is 1.62. The molecule has 0 aliphatic heterocycles. The largest absolute Gasteiger partial charge is 0.500 e. The topological polar surface area (TPSA) is 61.8 Å². The lowest BCUT2D eigenvalue weighted by atomic mass is 10.4. The fraction of sp³-hybridized carbons (Fsp3) is 0.700. The highest BCUT2D eigenvalue weighted by atomic mass is 31.2. The molecule has 0 atom stereocenters. The van der Waals surface area contributed by atoms with Gasteiger partial charge in [0.1, 0.15) is 11.6 Å². The van der Waals surface area contributed by atoms with Gasteiger partial charge in [-0.15, -0.1) is 0 Å². The van der Waals surface area contributed by atoms with Gasteiger partial charge in [-0.1, -0.05) is 0 Å². The van der Waals surface area contributed by atoms with Gasteiger partial charge in [0.25, 0.3) is 0 Å². The summed E-state index contributed by atoms with van der Waals surface area (Å²) in [5.41, 5.74) is 0. The van der Waals surface area contributed by atoms with E-state index in [1.807, 2.05) is 0 Å². The number of hydrogen-bond acceptors (Lipinski definition) is 5. The van der Waals surface area contributed by atoms with Crippen molar-refractivity contribution in [2.24, 2.45) is 0 Å². The Kier molecular flexibility index (Phi) is 7.30. The molecule has 0 rings (SSSR count). The molecule has 0 aromatic heterocycles. The van der Waals surface area contributed by atoms with E-state index in [4.69, 9.17) is 13.8 Å². The molecule has 0 aliphatic carbocycles. The summed E-state index contributed by atoms with van der Waals surface area (Å²) >= 11 is 0. The summed E-state index contributed by atoms with van der Waals surface area (Å²) in [4.78, 5) is 11.4. The highest BCUT2D eigenvalue weighted by molar-refractivity contribution is 7.60. The predicted molar refractivity (Wildman–Crippen MR) is 61.2 cm³/mol. The molecular weight excluding hydrogens is 231 g/mol. The maximum atomic E-state index is 12.2. The zero-order valence-corrected chi connectivity index (χ0v) is 11.1. The number of carbonyl (C=O) groups excluding carboxylic acids is 1. The van der Waals surface area contributed by atoms with Crippen LogP contribution in [0.2, 0.25) is 0 Å². The van der Waals surface area contributed by atoms with Crippen LogP contribution in [-0.4, -0.2) is 25.6 Å². The summed E-state index contributed by atoms with van der Waals surface area (Å²) in [5, 5.41) is -0.0435. The van der Waals surface area contributed by atoms with Crippen molar-refractivity contribution in [1.29, 1.82) is 0 Å². The van der Waals surface area contributed by atoms with Crippen LogP contribution in [0.15, 0.2) is 11.6 Å². The lowest BCUT2D eigenvalue weighted by molar-refractivity contribution is -0.113. The Bertz CT molecular complexity index is 288. The second-order valence-corrected chi connectivity index (χ2v) is 4.84. The minimum Gasteiger partial charge on any atom is -0.500 e. The maximum absolute atomic E-state index is 12.2. The molecule has 0 fully saturated rings. The molecule has 0 amide bonds. The number of allylic oxidation sites excluding steroid dienone is 1. The van der Waals surface area contributed by atoms with Crippen LogP contribution in [0.3, 0.4) is 0 Å². The van der Waals surface area contributed by atoms with Gasteiger partial charge in [-0.25, -0.2) is 0 Å². The number of ether oxygens (including phenoxy) is 1. The Morgan fingerprint density at radius 1 is 1.12 bits per heavy atom. The van der Waals surface area contributed by atoms with E-state index in [0.717, 1.165) is 6.26 Å². The molecule has 0 N–H and O–H groups in total. The van der Waals surface area contributed by atoms with Gasteiger partial charge in [0.2, 0.25) is 0 Å². The Hall–Kier alpha value is -0.640. The van der Waals surface area contributed by atoms with E-state index in [9.17, 15) is 9.36 Å². The van der Waals surface area contributed by atoms with Crippen LogP contribution < -0.4 is 0 Å². The third kappa shape index (κ3) is 4.47. The lowest BCUT2D eigenvalue weighted by Gasteiger charge is -2.17. The van der Waals surface area contributed by atoms with Crippen LogP contribution in [0.25, 0.3) is 0 Å². The summed E-state index contributed by atoms with van der Waals surface area (Å²) in [6, 6.07) is 0. The van der Waals surface area contributed by atoms with Gasteiger partial charge in [-0.05, 0) is 27.7 Å². The van der Waals surface area contributed by atoms with Gasteiger partial charge in [-0.2, -0.15) is 0 Å². The summed E-state index contributed by atoms with van der Waals surface area (Å²) in [5.74, 6) is -0.376. The fourth-order valence-electron chi connectivity index (χ4n) is 1.02. The fourth-order valence-corrected chi connectivity index (χ4v) is 2.64. The Morgan fingerprint density at radius 3 is 1.94 bits per heavy atom. The van der Waals surface area contributed by atoms with Crippen LogP contribution in [0.5, 0.6) is 0 Å². The smallest absolute Gasteiger partial charge is 0.368 e. The molecule has 0 bridgehead atoms. The van der Waals surface area contributed by atoms with Gasteiger partial charge in [-0.3, -0.25) is 9.36 Å². The van der Waals surface area contributed by atoms with E-state index < -0.39 is 7.60 Å². The molecule has 0 saturated carbocycles. The molecule has 5 nitrogen and oxygen atoms in total. The van der Waals surface area contributed by atoms with Crippen LogP contribution in [0, 0.1) is 0 Å². The van der Waals surface area contributed by atoms with E-state index in [0.29, 0.717) is 6.61 Å². The van der Waals surface area contributed by atoms with Crippen molar-refractivity contribution in [3.8, 4) is 0 Å². The SMILES string of the molecule is CCO/C=C(\C(C)=O)P(=O)(OCC)OCC. The normalized spacial score (nSPS) is 12.6. The maximum Gasteiger partial charge on any atom is 0.368 e. The minimum atomic E-state index is -3.53. The number of carbonyl (C=O) groups is 1. The van der Waals surface area contributed by atoms with Gasteiger partial charge in [0.05, 0.1) is 19.8 Å². The van der Waals surface area contributed by atoms with E-state index in [1.54, 1.807) is 20.8 Å². The summed E-state index contributed by atoms with van der Waals surface area (Å²) in [6.07, 6.45) is 1.16. The van der Waals surface area contributed by atoms with Gasteiger partial charge in [0, 0.05) is 0 Å². The summed E-state index contributed by atoms with van der Waals surface area (Å²) in [7, 11) is -3.53. The van der Waals surface area contributed by atoms with E-state index >= 15 is 0 Å². The van der Waals surface area contributed by atoms with Crippen LogP contribution in [0.1, 0.15) is 27.7 Å². The molecule has 0 radical (unpaired) electrons. The molecular formula is C10H19O5P. The first-order valence-corrected chi connectivity index (χ1v) is 6.78. The number of hydrogen-bond donors (Lipinski definition) is 0. The second-order valence-electron chi connectivity index (χ2n) is 2.85. The zero-order valence-electron chi connectivity index (χ0n) is 10.2. The van der Waals surface area contributed by atoms with Crippen molar-refractivity contribution in [2.45, 2.75) is 27.7 Å². The van der Waals surface area contributed by atoms with Crippen molar-refractivity contribution in [2.75, 3.05) is 19.8 Å². The zero-order chi connectivity index (χ0) is 12.6. The highest BCUT2D eigenvalue weighted by Gasteiger charge is 2.33. The first-order valence-electron chi connectivity index (χ1n) is 5.24. The van der Waals surface area contributed by atoms with E-state index in [2.05, 4.69) is 0 Å². The van der Waals surface area contributed by atoms with Crippen molar-refractivity contribution >= 4 is 13.4 Å². The summed E-state index contributed by atoms with van der Waals surface area (Å²) < 4.78 is 27.3. The molecule has 0 aromatic rings. The Morgan fingerprint density at radius 2 is 1.62 bits per heavy atom. The second kappa shape index (κ2) is 7.60. The average molecular weight is 250 g/mol. The van der Waals surface area contributed by atoms with E-state index in [1.165, 1.54) is 6.92 Å². The van der Waals surface area contributed by atoms with Crippen molar-refractivity contribution in [1.82, 2.24) is 0 Å². The molecule has 0 spiro atoms. The number of rotatable bonds is 8. The van der Waals surface area contributed by atoms with Crippen molar-refractivity contribution < 1.29 is 23.1 Å². The van der Waals surface area contributed by atoms with Crippen LogP contribution in [-0.2, 0) is 23.1 Å². The van der Waals surface area contributed by atoms with Gasteiger partial charge in [0.15, 0.2) is 5.78 Å². The first-order chi connectivity index (χ1) is 7.51. The highest BCUT2D eigenvalue weighted by Crippen LogP contribution is 2.56. The molecule has 0 unspecified atom stereocenters. The monoisotopic (exact) mass is 250 g/mol. The third-order valence-corrected chi connectivity index (χ3v) is 3.82. The molecule has 0 aliphatic rings. The number of ketones is 1. The average Bonchev–Trinajstić information content (AvgIpc) is 2.18. The minimum absolute atomic E-state index is 0.0435. The molecule has 0 aromatic carbocycles. The van der Waals surface area contributed by atoms with Gasteiger partial charge >= 0.3 is 7.60 Å². The molecule has 94 valence electrons. The van der Waals surface area contributed by atoms with Crippen LogP contribution >= 0.6 is 7.60 Å². The lowest BCUT2D eigenvalue weighted by Crippen LogP contribution is -2.06. The van der Waals surface area contributed by atoms with E-state index in [-0.39, 0.29) is 24.3 Å². The molecule has 0 heterocycles. The van der Waals surface area contributed by atoms with Gasteiger partial charge < -0.3 is 13.8 Å². The Balaban J connectivity index is 5.09. The summed E-state index contributed by atoms with van der Waals surface area (Å²) in [6.45, 7) is 7.22.